The molecule has 0 unspecified atom stereocenters. The summed E-state index contributed by atoms with van der Waals surface area (Å²) in [6.45, 7) is 1.03. The van der Waals surface area contributed by atoms with Crippen LogP contribution in [0.1, 0.15) is 19.3 Å². The molecule has 1 fully saturated rings. The van der Waals surface area contributed by atoms with Gasteiger partial charge in [0.05, 0.1) is 6.10 Å². The summed E-state index contributed by atoms with van der Waals surface area (Å²) in [5.74, 6) is 0. The highest BCUT2D eigenvalue weighted by Crippen LogP contribution is 2.10. The van der Waals surface area contributed by atoms with Gasteiger partial charge in [0.2, 0.25) is 0 Å². The molecule has 0 aromatic heterocycles. The largest absolute Gasteiger partial charge is 0.465 e. The zero-order chi connectivity index (χ0) is 8.27. The van der Waals surface area contributed by atoms with E-state index in [9.17, 15) is 4.79 Å². The molecular formula is C7H13NO3. The van der Waals surface area contributed by atoms with E-state index in [1.807, 2.05) is 0 Å². The van der Waals surface area contributed by atoms with Crippen LogP contribution in [0.2, 0.25) is 0 Å². The smallest absolute Gasteiger partial charge is 0.407 e. The summed E-state index contributed by atoms with van der Waals surface area (Å²) in [6.07, 6.45) is 0.891. The Morgan fingerprint density at radius 1 is 1.36 bits per heavy atom. The van der Waals surface area contributed by atoms with Crippen LogP contribution in [0, 0.1) is 0 Å². The minimum absolute atomic E-state index is 0.306. The summed E-state index contributed by atoms with van der Waals surface area (Å²) in [4.78, 5) is 11.8. The monoisotopic (exact) mass is 159 g/mol. The Hall–Kier alpha value is -0.770. The Morgan fingerprint density at radius 2 is 2.09 bits per heavy atom. The van der Waals surface area contributed by atoms with Crippen LogP contribution in [-0.4, -0.2) is 40.4 Å². The van der Waals surface area contributed by atoms with Crippen molar-refractivity contribution in [2.24, 2.45) is 0 Å². The molecule has 4 heteroatoms. The third-order valence-corrected chi connectivity index (χ3v) is 1.97. The van der Waals surface area contributed by atoms with E-state index in [2.05, 4.69) is 0 Å². The fourth-order valence-corrected chi connectivity index (χ4v) is 1.27. The first kappa shape index (κ1) is 8.33. The van der Waals surface area contributed by atoms with Crippen molar-refractivity contribution in [3.63, 3.8) is 0 Å². The quantitative estimate of drug-likeness (QED) is 0.541. The molecule has 0 aromatic carbocycles. The van der Waals surface area contributed by atoms with Crippen LogP contribution >= 0.6 is 0 Å². The number of aliphatic hydroxyl groups is 1. The molecule has 0 saturated carbocycles. The van der Waals surface area contributed by atoms with Gasteiger partial charge in [-0.1, -0.05) is 0 Å². The molecule has 1 amide bonds. The van der Waals surface area contributed by atoms with Gasteiger partial charge in [-0.25, -0.2) is 4.79 Å². The summed E-state index contributed by atoms with van der Waals surface area (Å²) in [6, 6.07) is 0. The van der Waals surface area contributed by atoms with E-state index in [1.165, 1.54) is 4.90 Å². The van der Waals surface area contributed by atoms with Crippen LogP contribution in [-0.2, 0) is 0 Å². The second-order valence-electron chi connectivity index (χ2n) is 2.85. The maximum absolute atomic E-state index is 10.5. The molecule has 1 atom stereocenters. The van der Waals surface area contributed by atoms with Gasteiger partial charge in [-0.2, -0.15) is 0 Å². The van der Waals surface area contributed by atoms with E-state index in [0.717, 1.165) is 12.8 Å². The van der Waals surface area contributed by atoms with Gasteiger partial charge in [0.15, 0.2) is 0 Å². The fraction of sp³-hybridized carbons (Fsp3) is 0.857. The van der Waals surface area contributed by atoms with Crippen LogP contribution in [0.25, 0.3) is 0 Å². The molecule has 1 aliphatic heterocycles. The molecule has 4 nitrogen and oxygen atoms in total. The number of likely N-dealkylation sites (tertiary alicyclic amines) is 1. The number of aliphatic hydroxyl groups excluding tert-OH is 1. The van der Waals surface area contributed by atoms with Gasteiger partial charge in [-0.3, -0.25) is 0 Å². The molecule has 0 spiro atoms. The molecule has 11 heavy (non-hydrogen) atoms. The van der Waals surface area contributed by atoms with Crippen molar-refractivity contribution in [1.29, 1.82) is 0 Å². The fourth-order valence-electron chi connectivity index (χ4n) is 1.27. The molecule has 0 aromatic rings. The highest BCUT2D eigenvalue weighted by Gasteiger charge is 2.17. The van der Waals surface area contributed by atoms with Crippen molar-refractivity contribution in [3.8, 4) is 0 Å². The Morgan fingerprint density at radius 3 is 2.73 bits per heavy atom. The van der Waals surface area contributed by atoms with Crippen molar-refractivity contribution in [2.75, 3.05) is 13.1 Å². The van der Waals surface area contributed by atoms with Crippen LogP contribution in [0.3, 0.4) is 0 Å². The Bertz CT molecular complexity index is 149. The molecule has 2 N–H and O–H groups in total. The highest BCUT2D eigenvalue weighted by atomic mass is 16.4. The van der Waals surface area contributed by atoms with E-state index in [1.54, 1.807) is 0 Å². The average Bonchev–Trinajstić information content (AvgIpc) is 2.13. The number of carboxylic acid groups (broad SMARTS) is 1. The van der Waals surface area contributed by atoms with Gasteiger partial charge in [0, 0.05) is 13.1 Å². The Kier molecular flexibility index (Phi) is 2.70. The Labute approximate surface area is 65.4 Å². The summed E-state index contributed by atoms with van der Waals surface area (Å²) < 4.78 is 0. The molecule has 0 bridgehead atoms. The number of rotatable bonds is 0. The van der Waals surface area contributed by atoms with Gasteiger partial charge in [0.1, 0.15) is 0 Å². The first-order chi connectivity index (χ1) is 5.20. The lowest BCUT2D eigenvalue weighted by Crippen LogP contribution is -2.30. The summed E-state index contributed by atoms with van der Waals surface area (Å²) >= 11 is 0. The third-order valence-electron chi connectivity index (χ3n) is 1.97. The summed E-state index contributed by atoms with van der Waals surface area (Å²) in [7, 11) is 0. The van der Waals surface area contributed by atoms with Gasteiger partial charge >= 0.3 is 6.09 Å². The average molecular weight is 159 g/mol. The topological polar surface area (TPSA) is 60.8 Å². The van der Waals surface area contributed by atoms with Gasteiger partial charge < -0.3 is 15.1 Å². The SMILES string of the molecule is O=C(O)N1CCC[C@@H](O)CC1. The van der Waals surface area contributed by atoms with Crippen molar-refractivity contribution in [2.45, 2.75) is 25.4 Å². The van der Waals surface area contributed by atoms with Crippen LogP contribution < -0.4 is 0 Å². The highest BCUT2D eigenvalue weighted by molar-refractivity contribution is 5.64. The van der Waals surface area contributed by atoms with Gasteiger partial charge in [0.25, 0.3) is 0 Å². The summed E-state index contributed by atoms with van der Waals surface area (Å²) in [5, 5.41) is 17.8. The standard InChI is InChI=1S/C7H13NO3/c9-6-2-1-4-8(5-3-6)7(10)11/h6,9H,1-5H2,(H,10,11)/t6-/m1/s1. The van der Waals surface area contributed by atoms with Gasteiger partial charge in [-0.05, 0) is 19.3 Å². The lowest BCUT2D eigenvalue weighted by molar-refractivity contribution is 0.137. The molecule has 1 aliphatic rings. The zero-order valence-corrected chi connectivity index (χ0v) is 6.36. The van der Waals surface area contributed by atoms with E-state index in [4.69, 9.17) is 10.2 Å². The molecule has 1 heterocycles. The minimum Gasteiger partial charge on any atom is -0.465 e. The van der Waals surface area contributed by atoms with Crippen molar-refractivity contribution in [3.05, 3.63) is 0 Å². The first-order valence-electron chi connectivity index (χ1n) is 3.86. The zero-order valence-electron chi connectivity index (χ0n) is 6.36. The van der Waals surface area contributed by atoms with Crippen molar-refractivity contribution < 1.29 is 15.0 Å². The van der Waals surface area contributed by atoms with E-state index in [0.29, 0.717) is 19.5 Å². The van der Waals surface area contributed by atoms with E-state index < -0.39 is 6.09 Å². The molecular weight excluding hydrogens is 146 g/mol. The normalized spacial score (nSPS) is 26.3. The second-order valence-corrected chi connectivity index (χ2v) is 2.85. The molecule has 0 radical (unpaired) electrons. The number of nitrogens with zero attached hydrogens (tertiary/aromatic N) is 1. The predicted octanol–water partition coefficient (Wildman–Crippen LogP) is 0.511. The maximum atomic E-state index is 10.5. The number of hydrogen-bond donors (Lipinski definition) is 2. The lowest BCUT2D eigenvalue weighted by Gasteiger charge is -2.15. The number of hydrogen-bond acceptors (Lipinski definition) is 2. The third kappa shape index (κ3) is 2.38. The first-order valence-corrected chi connectivity index (χ1v) is 3.86. The van der Waals surface area contributed by atoms with Gasteiger partial charge in [-0.15, -0.1) is 0 Å². The number of carbonyl (C=O) groups is 1. The second kappa shape index (κ2) is 3.57. The van der Waals surface area contributed by atoms with Crippen LogP contribution in [0.15, 0.2) is 0 Å². The minimum atomic E-state index is -0.876. The van der Waals surface area contributed by atoms with Crippen LogP contribution in [0.4, 0.5) is 4.79 Å². The molecule has 0 aliphatic carbocycles. The lowest BCUT2D eigenvalue weighted by atomic mass is 10.2. The van der Waals surface area contributed by atoms with Crippen molar-refractivity contribution in [1.82, 2.24) is 4.90 Å². The Balaban J connectivity index is 2.40. The number of amides is 1. The van der Waals surface area contributed by atoms with E-state index in [-0.39, 0.29) is 6.10 Å². The van der Waals surface area contributed by atoms with Crippen molar-refractivity contribution >= 4 is 6.09 Å². The predicted molar refractivity (Wildman–Crippen MR) is 39.5 cm³/mol. The molecule has 1 saturated heterocycles. The molecule has 1 rings (SSSR count). The van der Waals surface area contributed by atoms with E-state index >= 15 is 0 Å². The maximum Gasteiger partial charge on any atom is 0.407 e. The molecule has 64 valence electrons. The van der Waals surface area contributed by atoms with Crippen LogP contribution in [0.5, 0.6) is 0 Å². The summed E-state index contributed by atoms with van der Waals surface area (Å²) in [5.41, 5.74) is 0.